The monoisotopic (exact) mass is 369 g/mol. The molecule has 1 saturated heterocycles. The summed E-state index contributed by atoms with van der Waals surface area (Å²) in [4.78, 5) is 14.5. The number of rotatable bonds is 4. The molecule has 0 aliphatic carbocycles. The van der Waals surface area contributed by atoms with Gasteiger partial charge in [0.25, 0.3) is 0 Å². The number of aromatic nitrogens is 4. The highest BCUT2D eigenvalue weighted by Crippen LogP contribution is 2.23. The average Bonchev–Trinajstić information content (AvgIpc) is 3.07. The molecule has 7 nitrogen and oxygen atoms in total. The van der Waals surface area contributed by atoms with Crippen LogP contribution in [0.25, 0.3) is 5.65 Å². The summed E-state index contributed by atoms with van der Waals surface area (Å²) >= 11 is 1.43. The Morgan fingerprint density at radius 2 is 2.08 bits per heavy atom. The lowest BCUT2D eigenvalue weighted by Crippen LogP contribution is -2.43. The van der Waals surface area contributed by atoms with Gasteiger partial charge in [0.15, 0.2) is 11.5 Å². The van der Waals surface area contributed by atoms with Gasteiger partial charge in [-0.1, -0.05) is 42.1 Å². The van der Waals surface area contributed by atoms with Gasteiger partial charge >= 0.3 is 0 Å². The van der Waals surface area contributed by atoms with Crippen LogP contribution in [0.2, 0.25) is 0 Å². The van der Waals surface area contributed by atoms with Crippen LogP contribution in [-0.4, -0.2) is 56.1 Å². The first-order chi connectivity index (χ1) is 12.7. The summed E-state index contributed by atoms with van der Waals surface area (Å²) < 4.78 is 7.52. The molecule has 3 aromatic rings. The Bertz CT molecular complexity index is 914. The van der Waals surface area contributed by atoms with Gasteiger partial charge in [-0.15, -0.1) is 10.2 Å². The van der Waals surface area contributed by atoms with Gasteiger partial charge in [-0.3, -0.25) is 4.79 Å². The average molecular weight is 369 g/mol. The number of aryl methyl sites for hydroxylation is 1. The number of hydrogen-bond donors (Lipinski definition) is 0. The van der Waals surface area contributed by atoms with Gasteiger partial charge in [-0.25, -0.2) is 0 Å². The van der Waals surface area contributed by atoms with E-state index < -0.39 is 0 Å². The zero-order valence-electron chi connectivity index (χ0n) is 14.4. The first-order valence-corrected chi connectivity index (χ1v) is 9.45. The maximum Gasteiger partial charge on any atom is 0.233 e. The number of nitrogens with zero attached hydrogens (tertiary/aromatic N) is 5. The van der Waals surface area contributed by atoms with Crippen LogP contribution >= 0.6 is 11.8 Å². The highest BCUT2D eigenvalue weighted by molar-refractivity contribution is 7.99. The minimum Gasteiger partial charge on any atom is -0.370 e. The van der Waals surface area contributed by atoms with Crippen molar-refractivity contribution in [2.75, 3.05) is 25.4 Å². The molecule has 1 atom stereocenters. The maximum absolute atomic E-state index is 12.6. The summed E-state index contributed by atoms with van der Waals surface area (Å²) in [6.45, 7) is 3.62. The summed E-state index contributed by atoms with van der Waals surface area (Å²) in [7, 11) is 0. The first kappa shape index (κ1) is 17.0. The predicted octanol–water partition coefficient (Wildman–Crippen LogP) is 2.12. The number of thioether (sulfide) groups is 1. The van der Waals surface area contributed by atoms with Crippen molar-refractivity contribution in [3.8, 4) is 0 Å². The summed E-state index contributed by atoms with van der Waals surface area (Å²) in [5.41, 5.74) is 1.81. The van der Waals surface area contributed by atoms with Crippen LogP contribution in [0.4, 0.5) is 0 Å². The van der Waals surface area contributed by atoms with Crippen LogP contribution in [0.3, 0.4) is 0 Å². The van der Waals surface area contributed by atoms with Gasteiger partial charge in [0.2, 0.25) is 5.91 Å². The lowest BCUT2D eigenvalue weighted by atomic mass is 10.1. The Kier molecular flexibility index (Phi) is 4.85. The molecular weight excluding hydrogens is 350 g/mol. The van der Waals surface area contributed by atoms with E-state index in [2.05, 4.69) is 15.3 Å². The highest BCUT2D eigenvalue weighted by Gasteiger charge is 2.25. The second-order valence-corrected chi connectivity index (χ2v) is 7.08. The smallest absolute Gasteiger partial charge is 0.233 e. The van der Waals surface area contributed by atoms with Crippen molar-refractivity contribution in [3.63, 3.8) is 0 Å². The fraction of sp³-hybridized carbons (Fsp3) is 0.333. The molecule has 0 saturated carbocycles. The number of carbonyl (C=O) groups is 1. The standard InChI is InChI=1S/C18H19N5O2S/c1-13-19-20-16-7-8-17(21-23(13)16)26-12-18(24)22-9-10-25-15(11-22)14-5-3-2-4-6-14/h2-8,15H,9-12H2,1H3. The van der Waals surface area contributed by atoms with Gasteiger partial charge in [0.05, 0.1) is 18.9 Å². The lowest BCUT2D eigenvalue weighted by Gasteiger charge is -2.33. The van der Waals surface area contributed by atoms with Gasteiger partial charge < -0.3 is 9.64 Å². The zero-order valence-corrected chi connectivity index (χ0v) is 15.2. The van der Waals surface area contributed by atoms with Crippen LogP contribution in [-0.2, 0) is 9.53 Å². The molecule has 1 unspecified atom stereocenters. The van der Waals surface area contributed by atoms with Crippen molar-refractivity contribution in [3.05, 3.63) is 53.9 Å². The third-order valence-electron chi connectivity index (χ3n) is 4.33. The molecule has 4 rings (SSSR count). The van der Waals surface area contributed by atoms with E-state index in [9.17, 15) is 4.79 Å². The van der Waals surface area contributed by atoms with Gasteiger partial charge in [0, 0.05) is 6.54 Å². The second-order valence-electron chi connectivity index (χ2n) is 6.09. The molecule has 0 N–H and O–H groups in total. The maximum atomic E-state index is 12.6. The molecule has 1 fully saturated rings. The molecule has 8 heteroatoms. The number of hydrogen-bond acceptors (Lipinski definition) is 6. The third kappa shape index (κ3) is 3.56. The number of amides is 1. The van der Waals surface area contributed by atoms with Crippen molar-refractivity contribution in [2.45, 2.75) is 18.1 Å². The zero-order chi connectivity index (χ0) is 17.9. The summed E-state index contributed by atoms with van der Waals surface area (Å²) in [5, 5.41) is 13.3. The Morgan fingerprint density at radius 1 is 1.23 bits per heavy atom. The molecule has 1 aliphatic heterocycles. The fourth-order valence-corrected chi connectivity index (χ4v) is 3.69. The Balaban J connectivity index is 1.38. The molecule has 134 valence electrons. The minimum atomic E-state index is -0.0620. The Morgan fingerprint density at radius 3 is 2.92 bits per heavy atom. The summed E-state index contributed by atoms with van der Waals surface area (Å²) in [6.07, 6.45) is -0.0620. The molecule has 0 bridgehead atoms. The molecule has 3 heterocycles. The summed E-state index contributed by atoms with van der Waals surface area (Å²) in [6, 6.07) is 13.8. The van der Waals surface area contributed by atoms with E-state index in [-0.39, 0.29) is 12.0 Å². The molecule has 1 aromatic carbocycles. The third-order valence-corrected chi connectivity index (χ3v) is 5.23. The number of ether oxygens (including phenoxy) is 1. The van der Waals surface area contributed by atoms with Crippen molar-refractivity contribution in [1.29, 1.82) is 0 Å². The molecule has 1 aliphatic rings. The van der Waals surface area contributed by atoms with Crippen LogP contribution in [0.15, 0.2) is 47.5 Å². The number of benzene rings is 1. The first-order valence-electron chi connectivity index (χ1n) is 8.47. The minimum absolute atomic E-state index is 0.0620. The SMILES string of the molecule is Cc1nnc2ccc(SCC(=O)N3CCOC(c4ccccc4)C3)nn12. The number of fused-ring (bicyclic) bond motifs is 1. The topological polar surface area (TPSA) is 72.6 Å². The summed E-state index contributed by atoms with van der Waals surface area (Å²) in [5.74, 6) is 1.18. The van der Waals surface area contributed by atoms with E-state index >= 15 is 0 Å². The largest absolute Gasteiger partial charge is 0.370 e. The van der Waals surface area contributed by atoms with Crippen LogP contribution in [0.5, 0.6) is 0 Å². The molecule has 0 spiro atoms. The van der Waals surface area contributed by atoms with Crippen LogP contribution in [0, 0.1) is 6.92 Å². The van der Waals surface area contributed by atoms with Crippen molar-refractivity contribution < 1.29 is 9.53 Å². The van der Waals surface area contributed by atoms with Gasteiger partial charge in [0.1, 0.15) is 11.1 Å². The van der Waals surface area contributed by atoms with E-state index in [1.54, 1.807) is 4.52 Å². The van der Waals surface area contributed by atoms with Crippen molar-refractivity contribution >= 4 is 23.3 Å². The van der Waals surface area contributed by atoms with E-state index in [1.807, 2.05) is 54.3 Å². The fourth-order valence-electron chi connectivity index (χ4n) is 2.93. The van der Waals surface area contributed by atoms with E-state index in [4.69, 9.17) is 4.74 Å². The van der Waals surface area contributed by atoms with Gasteiger partial charge in [-0.2, -0.15) is 9.61 Å². The van der Waals surface area contributed by atoms with E-state index in [1.165, 1.54) is 11.8 Å². The number of morpholine rings is 1. The highest BCUT2D eigenvalue weighted by atomic mass is 32.2. The van der Waals surface area contributed by atoms with E-state index in [0.717, 1.165) is 16.4 Å². The number of carbonyl (C=O) groups excluding carboxylic acids is 1. The molecule has 1 amide bonds. The predicted molar refractivity (Wildman–Crippen MR) is 98.0 cm³/mol. The van der Waals surface area contributed by atoms with Crippen molar-refractivity contribution in [2.24, 2.45) is 0 Å². The molecule has 0 radical (unpaired) electrons. The quantitative estimate of drug-likeness (QED) is 0.656. The molecule has 26 heavy (non-hydrogen) atoms. The Labute approximate surface area is 155 Å². The second kappa shape index (κ2) is 7.43. The Hall–Kier alpha value is -2.45. The molecule has 2 aromatic heterocycles. The molecular formula is C18H19N5O2S. The van der Waals surface area contributed by atoms with Crippen LogP contribution < -0.4 is 0 Å². The van der Waals surface area contributed by atoms with Gasteiger partial charge in [-0.05, 0) is 24.6 Å². The van der Waals surface area contributed by atoms with Crippen LogP contribution in [0.1, 0.15) is 17.5 Å². The van der Waals surface area contributed by atoms with E-state index in [0.29, 0.717) is 31.1 Å². The normalized spacial score (nSPS) is 17.6. The van der Waals surface area contributed by atoms with Crippen molar-refractivity contribution in [1.82, 2.24) is 24.7 Å². The lowest BCUT2D eigenvalue weighted by molar-refractivity contribution is -0.136.